The number of aromatic nitrogens is 2. The van der Waals surface area contributed by atoms with E-state index in [1.807, 2.05) is 54.1 Å². The molecule has 0 atom stereocenters. The Bertz CT molecular complexity index is 1100. The highest BCUT2D eigenvalue weighted by atomic mass is 35.5. The van der Waals surface area contributed by atoms with Crippen LogP contribution in [0, 0.1) is 6.92 Å². The Hall–Kier alpha value is -2.57. The van der Waals surface area contributed by atoms with Crippen LogP contribution in [-0.2, 0) is 13.1 Å². The Morgan fingerprint density at radius 3 is 2.85 bits per heavy atom. The van der Waals surface area contributed by atoms with Crippen molar-refractivity contribution in [3.63, 3.8) is 0 Å². The van der Waals surface area contributed by atoms with Gasteiger partial charge in [0.1, 0.15) is 10.6 Å². The topological polar surface area (TPSA) is 51.3 Å². The number of carbonyl (C=O) groups excluding carboxylic acids is 1. The zero-order valence-electron chi connectivity index (χ0n) is 15.0. The average molecular weight is 400 g/mol. The second-order valence-corrected chi connectivity index (χ2v) is 7.84. The molecule has 1 aromatic carbocycles. The van der Waals surface area contributed by atoms with E-state index >= 15 is 0 Å². The molecule has 0 saturated carbocycles. The number of carbonyl (C=O) groups is 1. The third-order valence-corrected chi connectivity index (χ3v) is 5.92. The lowest BCUT2D eigenvalue weighted by molar-refractivity contribution is 0.0780. The number of aryl methyl sites for hydroxylation is 1. The summed E-state index contributed by atoms with van der Waals surface area (Å²) < 4.78 is 7.25. The van der Waals surface area contributed by atoms with Gasteiger partial charge in [-0.25, -0.2) is 0 Å². The zero-order chi connectivity index (χ0) is 19.0. The SMILES string of the molecule is Cc1nn(Cc2ccccc2Cl)c2sc(C(=O)N(C)Cc3ccco3)cc12. The normalized spacial score (nSPS) is 11.2. The molecule has 3 heterocycles. The van der Waals surface area contributed by atoms with Gasteiger partial charge in [-0.05, 0) is 36.8 Å². The summed E-state index contributed by atoms with van der Waals surface area (Å²) in [6.07, 6.45) is 1.61. The molecule has 7 heteroatoms. The van der Waals surface area contributed by atoms with Crippen LogP contribution in [0.4, 0.5) is 0 Å². The van der Waals surface area contributed by atoms with E-state index in [9.17, 15) is 4.79 Å². The molecular weight excluding hydrogens is 382 g/mol. The minimum absolute atomic E-state index is 0.0312. The van der Waals surface area contributed by atoms with Gasteiger partial charge in [0.2, 0.25) is 0 Å². The highest BCUT2D eigenvalue weighted by Gasteiger charge is 2.20. The van der Waals surface area contributed by atoms with Crippen molar-refractivity contribution in [1.82, 2.24) is 14.7 Å². The molecule has 0 unspecified atom stereocenters. The number of benzene rings is 1. The molecule has 138 valence electrons. The Labute approximate surface area is 165 Å². The molecule has 0 bridgehead atoms. The predicted molar refractivity (Wildman–Crippen MR) is 107 cm³/mol. The third-order valence-electron chi connectivity index (χ3n) is 4.42. The molecule has 0 aliphatic carbocycles. The summed E-state index contributed by atoms with van der Waals surface area (Å²) in [6, 6.07) is 13.3. The minimum Gasteiger partial charge on any atom is -0.467 e. The molecule has 0 saturated heterocycles. The van der Waals surface area contributed by atoms with Gasteiger partial charge in [-0.1, -0.05) is 29.8 Å². The van der Waals surface area contributed by atoms with Crippen LogP contribution in [-0.4, -0.2) is 27.6 Å². The fourth-order valence-corrected chi connectivity index (χ4v) is 4.36. The summed E-state index contributed by atoms with van der Waals surface area (Å²) in [5.74, 6) is 0.726. The molecule has 3 aromatic heterocycles. The molecule has 27 heavy (non-hydrogen) atoms. The number of fused-ring (bicyclic) bond motifs is 1. The summed E-state index contributed by atoms with van der Waals surface area (Å²) in [5, 5.41) is 6.34. The van der Waals surface area contributed by atoms with Gasteiger partial charge < -0.3 is 9.32 Å². The maximum absolute atomic E-state index is 12.8. The maximum atomic E-state index is 12.8. The zero-order valence-corrected chi connectivity index (χ0v) is 16.5. The number of furan rings is 1. The van der Waals surface area contributed by atoms with Crippen LogP contribution in [0.3, 0.4) is 0 Å². The van der Waals surface area contributed by atoms with Crippen LogP contribution < -0.4 is 0 Å². The Kier molecular flexibility index (Phi) is 4.76. The average Bonchev–Trinajstić information content (AvgIpc) is 3.36. The molecule has 4 aromatic rings. The Morgan fingerprint density at radius 1 is 1.30 bits per heavy atom. The lowest BCUT2D eigenvalue weighted by atomic mass is 10.2. The van der Waals surface area contributed by atoms with E-state index in [2.05, 4.69) is 5.10 Å². The maximum Gasteiger partial charge on any atom is 0.264 e. The summed E-state index contributed by atoms with van der Waals surface area (Å²) in [6.45, 7) is 2.96. The minimum atomic E-state index is -0.0312. The van der Waals surface area contributed by atoms with Crippen LogP contribution >= 0.6 is 22.9 Å². The van der Waals surface area contributed by atoms with E-state index in [0.29, 0.717) is 23.0 Å². The third kappa shape index (κ3) is 3.50. The van der Waals surface area contributed by atoms with Crippen molar-refractivity contribution in [2.24, 2.45) is 0 Å². The molecule has 0 spiro atoms. The van der Waals surface area contributed by atoms with Crippen molar-refractivity contribution in [3.8, 4) is 0 Å². The van der Waals surface area contributed by atoms with Gasteiger partial charge in [0.05, 0.1) is 29.9 Å². The van der Waals surface area contributed by atoms with Crippen molar-refractivity contribution in [3.05, 3.63) is 75.6 Å². The van der Waals surface area contributed by atoms with Crippen molar-refractivity contribution in [2.45, 2.75) is 20.0 Å². The summed E-state index contributed by atoms with van der Waals surface area (Å²) in [7, 11) is 1.78. The lowest BCUT2D eigenvalue weighted by Crippen LogP contribution is -2.25. The molecule has 1 amide bonds. The first kappa shape index (κ1) is 17.8. The number of thiophene rings is 1. The molecule has 0 aliphatic rings. The summed E-state index contributed by atoms with van der Waals surface area (Å²) in [4.78, 5) is 16.1. The Balaban J connectivity index is 1.62. The van der Waals surface area contributed by atoms with Gasteiger partial charge in [0, 0.05) is 17.5 Å². The second kappa shape index (κ2) is 7.21. The van der Waals surface area contributed by atoms with Crippen molar-refractivity contribution in [1.29, 1.82) is 0 Å². The summed E-state index contributed by atoms with van der Waals surface area (Å²) in [5.41, 5.74) is 1.90. The predicted octanol–water partition coefficient (Wildman–Crippen LogP) is 4.97. The van der Waals surface area contributed by atoms with E-state index < -0.39 is 0 Å². The molecule has 4 rings (SSSR count). The highest BCUT2D eigenvalue weighted by molar-refractivity contribution is 7.20. The van der Waals surface area contributed by atoms with Gasteiger partial charge in [-0.15, -0.1) is 11.3 Å². The molecule has 5 nitrogen and oxygen atoms in total. The van der Waals surface area contributed by atoms with Gasteiger partial charge in [0.15, 0.2) is 0 Å². The summed E-state index contributed by atoms with van der Waals surface area (Å²) >= 11 is 7.74. The highest BCUT2D eigenvalue weighted by Crippen LogP contribution is 2.30. The molecule has 0 radical (unpaired) electrons. The van der Waals surface area contributed by atoms with Gasteiger partial charge in [-0.3, -0.25) is 9.48 Å². The van der Waals surface area contributed by atoms with Gasteiger partial charge in [0.25, 0.3) is 5.91 Å². The first-order chi connectivity index (χ1) is 13.0. The van der Waals surface area contributed by atoms with Crippen molar-refractivity contribution in [2.75, 3.05) is 7.05 Å². The lowest BCUT2D eigenvalue weighted by Gasteiger charge is -2.14. The Morgan fingerprint density at radius 2 is 2.11 bits per heavy atom. The van der Waals surface area contributed by atoms with Crippen LogP contribution in [0.2, 0.25) is 5.02 Å². The van der Waals surface area contributed by atoms with Crippen LogP contribution in [0.15, 0.2) is 53.1 Å². The number of halogens is 1. The van der Waals surface area contributed by atoms with Crippen LogP contribution in [0.5, 0.6) is 0 Å². The number of nitrogens with zero attached hydrogens (tertiary/aromatic N) is 3. The van der Waals surface area contributed by atoms with Gasteiger partial charge in [-0.2, -0.15) is 5.10 Å². The number of amides is 1. The fourth-order valence-electron chi connectivity index (χ4n) is 3.01. The smallest absolute Gasteiger partial charge is 0.264 e. The van der Waals surface area contributed by atoms with Crippen LogP contribution in [0.1, 0.15) is 26.7 Å². The largest absolute Gasteiger partial charge is 0.467 e. The van der Waals surface area contributed by atoms with E-state index in [4.69, 9.17) is 16.0 Å². The standard InChI is InChI=1S/C20H18ClN3O2S/c1-13-16-10-18(19(25)23(2)12-15-7-5-9-26-15)27-20(16)24(22-13)11-14-6-3-4-8-17(14)21/h3-10H,11-12H2,1-2H3. The van der Waals surface area contributed by atoms with Crippen LogP contribution in [0.25, 0.3) is 10.2 Å². The van der Waals surface area contributed by atoms with E-state index in [0.717, 1.165) is 27.2 Å². The van der Waals surface area contributed by atoms with E-state index in [-0.39, 0.29) is 5.91 Å². The number of hydrogen-bond acceptors (Lipinski definition) is 4. The number of rotatable bonds is 5. The van der Waals surface area contributed by atoms with E-state index in [1.165, 1.54) is 11.3 Å². The monoisotopic (exact) mass is 399 g/mol. The van der Waals surface area contributed by atoms with E-state index in [1.54, 1.807) is 18.2 Å². The molecule has 0 N–H and O–H groups in total. The van der Waals surface area contributed by atoms with Gasteiger partial charge >= 0.3 is 0 Å². The molecule has 0 aliphatic heterocycles. The van der Waals surface area contributed by atoms with Crippen molar-refractivity contribution >= 4 is 39.1 Å². The fraction of sp³-hybridized carbons (Fsp3) is 0.200. The number of hydrogen-bond donors (Lipinski definition) is 0. The molecular formula is C20H18ClN3O2S. The molecule has 0 fully saturated rings. The first-order valence-electron chi connectivity index (χ1n) is 8.51. The quantitative estimate of drug-likeness (QED) is 0.476. The van der Waals surface area contributed by atoms with Crippen molar-refractivity contribution < 1.29 is 9.21 Å². The second-order valence-electron chi connectivity index (χ2n) is 6.40. The first-order valence-corrected chi connectivity index (χ1v) is 9.70.